The van der Waals surface area contributed by atoms with Crippen LogP contribution in [0.1, 0.15) is 0 Å². The zero-order valence-corrected chi connectivity index (χ0v) is 9.79. The average Bonchev–Trinajstić information content (AvgIpc) is 2.70. The Morgan fingerprint density at radius 1 is 1.06 bits per heavy atom. The molecule has 1 aromatic carbocycles. The number of hydrogen-bond acceptors (Lipinski definition) is 3. The van der Waals surface area contributed by atoms with Crippen molar-refractivity contribution < 1.29 is 0 Å². The first-order valence-corrected chi connectivity index (χ1v) is 5.99. The lowest BCUT2D eigenvalue weighted by Crippen LogP contribution is -1.84. The van der Waals surface area contributed by atoms with E-state index < -0.39 is 0 Å². The van der Waals surface area contributed by atoms with Crippen molar-refractivity contribution in [3.63, 3.8) is 0 Å². The molecule has 78 valence electrons. The summed E-state index contributed by atoms with van der Waals surface area (Å²) in [5.74, 6) is 0. The molecule has 0 aliphatic heterocycles. The third-order valence-electron chi connectivity index (χ3n) is 2.35. The molecule has 0 N–H and O–H groups in total. The molecule has 16 heavy (non-hydrogen) atoms. The molecule has 0 atom stereocenters. The number of thiophene rings is 1. The smallest absolute Gasteiger partial charge is 0.128 e. The maximum atomic E-state index is 5.99. The number of benzene rings is 1. The van der Waals surface area contributed by atoms with E-state index in [9.17, 15) is 0 Å². The lowest BCUT2D eigenvalue weighted by Gasteiger charge is -2.00. The van der Waals surface area contributed by atoms with E-state index in [4.69, 9.17) is 11.6 Å². The summed E-state index contributed by atoms with van der Waals surface area (Å²) in [5, 5.41) is 1.02. The largest absolute Gasteiger partial charge is 0.236 e. The number of hydrogen-bond donors (Lipinski definition) is 0. The Morgan fingerprint density at radius 3 is 2.69 bits per heavy atom. The summed E-state index contributed by atoms with van der Waals surface area (Å²) >= 11 is 7.47. The van der Waals surface area contributed by atoms with Crippen LogP contribution in [-0.2, 0) is 0 Å². The van der Waals surface area contributed by atoms with Crippen LogP contribution in [0.15, 0.2) is 42.7 Å². The van der Waals surface area contributed by atoms with Gasteiger partial charge in [0.15, 0.2) is 0 Å². The van der Waals surface area contributed by atoms with Crippen LogP contribution in [-0.4, -0.2) is 9.97 Å². The van der Waals surface area contributed by atoms with Gasteiger partial charge in [-0.05, 0) is 6.07 Å². The molecule has 2 nitrogen and oxygen atoms in total. The zero-order chi connectivity index (χ0) is 11.0. The van der Waals surface area contributed by atoms with Gasteiger partial charge in [0, 0.05) is 10.9 Å². The molecular formula is C12H7ClN2S. The Morgan fingerprint density at radius 2 is 1.88 bits per heavy atom. The molecule has 0 spiro atoms. The van der Waals surface area contributed by atoms with Crippen molar-refractivity contribution in [2.45, 2.75) is 0 Å². The number of fused-ring (bicyclic) bond motifs is 1. The maximum Gasteiger partial charge on any atom is 0.128 e. The highest BCUT2D eigenvalue weighted by atomic mass is 35.5. The van der Waals surface area contributed by atoms with Crippen LogP contribution in [0.3, 0.4) is 0 Å². The van der Waals surface area contributed by atoms with Crippen LogP contribution < -0.4 is 0 Å². The fourth-order valence-corrected chi connectivity index (χ4v) is 2.71. The molecule has 3 aromatic rings. The third kappa shape index (κ3) is 1.58. The van der Waals surface area contributed by atoms with Gasteiger partial charge in [0.25, 0.3) is 0 Å². The van der Waals surface area contributed by atoms with E-state index in [1.807, 2.05) is 36.4 Å². The van der Waals surface area contributed by atoms with Crippen LogP contribution in [0, 0.1) is 0 Å². The van der Waals surface area contributed by atoms with Crippen molar-refractivity contribution in [2.24, 2.45) is 0 Å². The van der Waals surface area contributed by atoms with E-state index in [0.717, 1.165) is 25.8 Å². The first-order chi connectivity index (χ1) is 7.84. The van der Waals surface area contributed by atoms with Gasteiger partial charge in [0.05, 0.1) is 10.0 Å². The monoisotopic (exact) mass is 246 g/mol. The Balaban J connectivity index is 2.31. The minimum atomic E-state index is 0.743. The van der Waals surface area contributed by atoms with E-state index in [2.05, 4.69) is 9.97 Å². The number of nitrogens with zero attached hydrogens (tertiary/aromatic N) is 2. The Hall–Kier alpha value is -1.45. The standard InChI is InChI=1S/C12H7ClN2S/c13-10-6-9-11(8-4-2-1-3-5-8)14-7-15-12(9)16-10/h1-7H. The van der Waals surface area contributed by atoms with Crippen LogP contribution >= 0.6 is 22.9 Å². The van der Waals surface area contributed by atoms with Gasteiger partial charge < -0.3 is 0 Å². The molecular weight excluding hydrogens is 240 g/mol. The summed E-state index contributed by atoms with van der Waals surface area (Å²) < 4.78 is 0.743. The van der Waals surface area contributed by atoms with Gasteiger partial charge in [-0.15, -0.1) is 11.3 Å². The molecule has 0 radical (unpaired) electrons. The molecule has 0 saturated heterocycles. The normalized spacial score (nSPS) is 10.8. The van der Waals surface area contributed by atoms with E-state index >= 15 is 0 Å². The lowest BCUT2D eigenvalue weighted by atomic mass is 10.1. The predicted molar refractivity (Wildman–Crippen MR) is 67.9 cm³/mol. The van der Waals surface area contributed by atoms with Gasteiger partial charge in [-0.25, -0.2) is 9.97 Å². The fraction of sp³-hybridized carbons (Fsp3) is 0. The van der Waals surface area contributed by atoms with Gasteiger partial charge in [0.2, 0.25) is 0 Å². The summed E-state index contributed by atoms with van der Waals surface area (Å²) in [6.45, 7) is 0. The van der Waals surface area contributed by atoms with Crippen molar-refractivity contribution in [1.82, 2.24) is 9.97 Å². The second-order valence-electron chi connectivity index (χ2n) is 3.36. The fourth-order valence-electron chi connectivity index (χ4n) is 1.65. The SMILES string of the molecule is Clc1cc2c(-c3ccccc3)ncnc2s1. The van der Waals surface area contributed by atoms with Gasteiger partial charge >= 0.3 is 0 Å². The van der Waals surface area contributed by atoms with Gasteiger partial charge in [-0.2, -0.15) is 0 Å². The average molecular weight is 247 g/mol. The topological polar surface area (TPSA) is 25.8 Å². The van der Waals surface area contributed by atoms with Gasteiger partial charge in [-0.1, -0.05) is 41.9 Å². The highest BCUT2D eigenvalue weighted by Gasteiger charge is 2.08. The minimum absolute atomic E-state index is 0.743. The number of halogens is 1. The van der Waals surface area contributed by atoms with E-state index in [-0.39, 0.29) is 0 Å². The molecule has 0 fully saturated rings. The third-order valence-corrected chi connectivity index (χ3v) is 3.52. The maximum absolute atomic E-state index is 5.99. The second kappa shape index (κ2) is 3.85. The van der Waals surface area contributed by atoms with Gasteiger partial charge in [-0.3, -0.25) is 0 Å². The van der Waals surface area contributed by atoms with Crippen molar-refractivity contribution >= 4 is 33.2 Å². The second-order valence-corrected chi connectivity index (χ2v) is 5.02. The van der Waals surface area contributed by atoms with Gasteiger partial charge in [0.1, 0.15) is 11.2 Å². The summed E-state index contributed by atoms with van der Waals surface area (Å²) in [5.41, 5.74) is 2.03. The van der Waals surface area contributed by atoms with Crippen LogP contribution in [0.5, 0.6) is 0 Å². The highest BCUT2D eigenvalue weighted by molar-refractivity contribution is 7.22. The molecule has 0 saturated carbocycles. The van der Waals surface area contributed by atoms with E-state index in [0.29, 0.717) is 0 Å². The molecule has 3 rings (SSSR count). The first-order valence-electron chi connectivity index (χ1n) is 4.80. The molecule has 4 heteroatoms. The van der Waals surface area contributed by atoms with Crippen molar-refractivity contribution in [1.29, 1.82) is 0 Å². The van der Waals surface area contributed by atoms with E-state index in [1.165, 1.54) is 11.3 Å². The number of rotatable bonds is 1. The van der Waals surface area contributed by atoms with Crippen LogP contribution in [0.25, 0.3) is 21.5 Å². The van der Waals surface area contributed by atoms with Crippen LogP contribution in [0.4, 0.5) is 0 Å². The summed E-state index contributed by atoms with van der Waals surface area (Å²) in [7, 11) is 0. The van der Waals surface area contributed by atoms with Crippen molar-refractivity contribution in [2.75, 3.05) is 0 Å². The summed E-state index contributed by atoms with van der Waals surface area (Å²) in [4.78, 5) is 9.47. The van der Waals surface area contributed by atoms with Crippen molar-refractivity contribution in [3.8, 4) is 11.3 Å². The minimum Gasteiger partial charge on any atom is -0.236 e. The molecule has 0 bridgehead atoms. The summed E-state index contributed by atoms with van der Waals surface area (Å²) in [6, 6.07) is 12.0. The van der Waals surface area contributed by atoms with E-state index in [1.54, 1.807) is 6.33 Å². The number of aromatic nitrogens is 2. The molecule has 2 heterocycles. The van der Waals surface area contributed by atoms with Crippen molar-refractivity contribution in [3.05, 3.63) is 47.1 Å². The lowest BCUT2D eigenvalue weighted by molar-refractivity contribution is 1.24. The molecule has 0 aliphatic carbocycles. The Bertz CT molecular complexity index is 634. The predicted octanol–water partition coefficient (Wildman–Crippen LogP) is 4.01. The molecule has 0 unspecified atom stereocenters. The highest BCUT2D eigenvalue weighted by Crippen LogP contribution is 2.33. The Labute approximate surface area is 102 Å². The summed E-state index contributed by atoms with van der Waals surface area (Å²) in [6.07, 6.45) is 1.58. The molecule has 0 aliphatic rings. The Kier molecular flexibility index (Phi) is 2.35. The quantitative estimate of drug-likeness (QED) is 0.648. The first kappa shape index (κ1) is 9.75. The molecule has 0 amide bonds. The zero-order valence-electron chi connectivity index (χ0n) is 8.22. The van der Waals surface area contributed by atoms with Crippen LogP contribution in [0.2, 0.25) is 4.34 Å². The molecule has 2 aromatic heterocycles.